The minimum absolute atomic E-state index is 0.0571. The van der Waals surface area contributed by atoms with Crippen LogP contribution in [-0.2, 0) is 18.4 Å². The molecule has 3 atom stereocenters. The number of amides is 1. The smallest absolute Gasteiger partial charge is 0.387 e. The Labute approximate surface area is 486 Å². The van der Waals surface area contributed by atoms with Gasteiger partial charge in [-0.15, -0.1) is 0 Å². The van der Waals surface area contributed by atoms with E-state index in [0.29, 0.717) is 17.4 Å². The average Bonchev–Trinajstić information content (AvgIpc) is 3.41. The Morgan fingerprint density at radius 2 is 0.744 bits per heavy atom. The fourth-order valence-corrected chi connectivity index (χ4v) is 10.9. The molecular formula is C69H134N2O6P+. The molecule has 0 spiro atoms. The number of phosphoric ester groups is 1. The number of likely N-dealkylation sites (N-methyl/N-ethyl adjacent to an activating group) is 1. The first-order chi connectivity index (χ1) is 38.0. The van der Waals surface area contributed by atoms with Gasteiger partial charge in [-0.3, -0.25) is 13.8 Å². The summed E-state index contributed by atoms with van der Waals surface area (Å²) in [6, 6.07) is -0.864. The van der Waals surface area contributed by atoms with Crippen LogP contribution in [-0.4, -0.2) is 73.4 Å². The maximum Gasteiger partial charge on any atom is 0.472 e. The standard InChI is InChI=1S/C69H133N2O6P/c1-6-8-10-12-14-16-18-20-22-24-26-28-30-32-33-34-35-36-37-39-41-43-45-47-49-51-53-55-57-59-61-63-69(73)70-67(66-77-78(74,75)76-65-64-71(3,4)5)68(72)62-60-58-56-54-52-50-48-46-44-42-40-38-31-29-27-25-23-21-19-17-15-13-11-9-7-2/h18,20,24,26,52,54,60,62,67-68,72H,6-17,19,21-23,25,27-51,53,55-59,61,63-66H2,1-5H3,(H-,70,73,74,75)/p+1/b20-18-,26-24-,54-52+,62-60+. The van der Waals surface area contributed by atoms with Gasteiger partial charge in [-0.05, 0) is 64.2 Å². The zero-order chi connectivity index (χ0) is 57.0. The van der Waals surface area contributed by atoms with E-state index in [4.69, 9.17) is 9.05 Å². The van der Waals surface area contributed by atoms with Gasteiger partial charge in [0.2, 0.25) is 5.91 Å². The van der Waals surface area contributed by atoms with Gasteiger partial charge in [-0.25, -0.2) is 4.57 Å². The lowest BCUT2D eigenvalue weighted by Crippen LogP contribution is -2.45. The van der Waals surface area contributed by atoms with E-state index in [-0.39, 0.29) is 19.1 Å². The maximum atomic E-state index is 13.0. The van der Waals surface area contributed by atoms with Crippen LogP contribution in [0.2, 0.25) is 0 Å². The average molecular weight is 1120 g/mol. The number of nitrogens with one attached hydrogen (secondary N) is 1. The first-order valence-corrected chi connectivity index (χ1v) is 35.5. The third kappa shape index (κ3) is 62.1. The highest BCUT2D eigenvalue weighted by Crippen LogP contribution is 2.43. The molecule has 0 aromatic carbocycles. The van der Waals surface area contributed by atoms with Gasteiger partial charge in [-0.1, -0.05) is 313 Å². The van der Waals surface area contributed by atoms with Gasteiger partial charge in [0.25, 0.3) is 0 Å². The predicted molar refractivity (Wildman–Crippen MR) is 341 cm³/mol. The molecule has 9 heteroatoms. The van der Waals surface area contributed by atoms with E-state index in [9.17, 15) is 19.4 Å². The zero-order valence-electron chi connectivity index (χ0n) is 52.7. The van der Waals surface area contributed by atoms with Gasteiger partial charge in [0.1, 0.15) is 13.2 Å². The number of unbranched alkanes of at least 4 members (excludes halogenated alkanes) is 44. The maximum absolute atomic E-state index is 13.0. The second-order valence-corrected chi connectivity index (χ2v) is 26.0. The number of carbonyl (C=O) groups excluding carboxylic acids is 1. The normalized spacial score (nSPS) is 14.0. The monoisotopic (exact) mass is 1120 g/mol. The molecule has 0 saturated carbocycles. The van der Waals surface area contributed by atoms with E-state index < -0.39 is 20.0 Å². The van der Waals surface area contributed by atoms with Gasteiger partial charge in [0.05, 0.1) is 39.9 Å². The van der Waals surface area contributed by atoms with E-state index in [0.717, 1.165) is 44.9 Å². The molecule has 3 unspecified atom stereocenters. The Kier molecular flexibility index (Phi) is 58.9. The topological polar surface area (TPSA) is 105 Å². The van der Waals surface area contributed by atoms with Crippen LogP contribution < -0.4 is 5.32 Å². The molecule has 0 aromatic rings. The van der Waals surface area contributed by atoms with Crippen LogP contribution in [0.5, 0.6) is 0 Å². The molecule has 0 fully saturated rings. The van der Waals surface area contributed by atoms with Gasteiger partial charge in [0.15, 0.2) is 0 Å². The van der Waals surface area contributed by atoms with E-state index in [1.165, 1.54) is 270 Å². The summed E-state index contributed by atoms with van der Waals surface area (Å²) in [4.78, 5) is 23.4. The summed E-state index contributed by atoms with van der Waals surface area (Å²) in [7, 11) is 1.57. The number of nitrogens with zero attached hydrogens (tertiary/aromatic N) is 1. The minimum atomic E-state index is -4.36. The Balaban J connectivity index is 4.09. The van der Waals surface area contributed by atoms with Crippen molar-refractivity contribution in [2.75, 3.05) is 40.9 Å². The summed E-state index contributed by atoms with van der Waals surface area (Å²) in [5, 5.41) is 14.0. The van der Waals surface area contributed by atoms with E-state index in [1.54, 1.807) is 6.08 Å². The van der Waals surface area contributed by atoms with E-state index in [2.05, 4.69) is 55.6 Å². The summed E-state index contributed by atoms with van der Waals surface area (Å²) >= 11 is 0. The number of quaternary nitrogens is 1. The number of hydrogen-bond donors (Lipinski definition) is 3. The highest BCUT2D eigenvalue weighted by molar-refractivity contribution is 7.47. The number of carbonyl (C=O) groups is 1. The summed E-state index contributed by atoms with van der Waals surface area (Å²) < 4.78 is 23.8. The summed E-state index contributed by atoms with van der Waals surface area (Å²) in [5.74, 6) is -0.181. The number of aliphatic hydroxyl groups is 1. The molecular weight excluding hydrogens is 984 g/mol. The van der Waals surface area contributed by atoms with Crippen LogP contribution in [0.1, 0.15) is 335 Å². The van der Waals surface area contributed by atoms with E-state index in [1.807, 2.05) is 27.2 Å². The molecule has 0 aliphatic carbocycles. The predicted octanol–water partition coefficient (Wildman–Crippen LogP) is 21.4. The zero-order valence-corrected chi connectivity index (χ0v) is 53.6. The largest absolute Gasteiger partial charge is 0.472 e. The molecule has 0 heterocycles. The Hall–Kier alpha value is -1.54. The molecule has 0 aromatic heterocycles. The molecule has 0 aliphatic rings. The molecule has 460 valence electrons. The third-order valence-electron chi connectivity index (χ3n) is 15.5. The molecule has 8 nitrogen and oxygen atoms in total. The third-order valence-corrected chi connectivity index (χ3v) is 16.5. The number of hydrogen-bond acceptors (Lipinski definition) is 5. The Morgan fingerprint density at radius 3 is 1.10 bits per heavy atom. The molecule has 3 N–H and O–H groups in total. The Morgan fingerprint density at radius 1 is 0.436 bits per heavy atom. The fourth-order valence-electron chi connectivity index (χ4n) is 10.2. The molecule has 0 saturated heterocycles. The van der Waals surface area contributed by atoms with Gasteiger partial charge in [0, 0.05) is 6.42 Å². The minimum Gasteiger partial charge on any atom is -0.387 e. The van der Waals surface area contributed by atoms with E-state index >= 15 is 0 Å². The molecule has 0 radical (unpaired) electrons. The van der Waals surface area contributed by atoms with Gasteiger partial charge >= 0.3 is 7.82 Å². The van der Waals surface area contributed by atoms with Crippen LogP contribution in [0.15, 0.2) is 48.6 Å². The highest BCUT2D eigenvalue weighted by Gasteiger charge is 2.28. The summed E-state index contributed by atoms with van der Waals surface area (Å²) in [6.07, 6.45) is 81.1. The van der Waals surface area contributed by atoms with Crippen molar-refractivity contribution >= 4 is 13.7 Å². The molecule has 0 bridgehead atoms. The van der Waals surface area contributed by atoms with Crippen molar-refractivity contribution in [3.8, 4) is 0 Å². The van der Waals surface area contributed by atoms with Crippen LogP contribution in [0.4, 0.5) is 0 Å². The lowest BCUT2D eigenvalue weighted by Gasteiger charge is -2.25. The van der Waals surface area contributed by atoms with Crippen molar-refractivity contribution in [2.24, 2.45) is 0 Å². The van der Waals surface area contributed by atoms with Crippen LogP contribution in [0, 0.1) is 0 Å². The number of rotatable bonds is 63. The molecule has 1 amide bonds. The number of phosphoric acid groups is 1. The van der Waals surface area contributed by atoms with Crippen molar-refractivity contribution in [1.29, 1.82) is 0 Å². The molecule has 0 aliphatic heterocycles. The Bertz CT molecular complexity index is 1410. The second-order valence-electron chi connectivity index (χ2n) is 24.5. The fraction of sp³-hybridized carbons (Fsp3) is 0.870. The molecule has 78 heavy (non-hydrogen) atoms. The van der Waals surface area contributed by atoms with Crippen molar-refractivity contribution in [2.45, 2.75) is 347 Å². The lowest BCUT2D eigenvalue weighted by molar-refractivity contribution is -0.870. The molecule has 0 rings (SSSR count). The van der Waals surface area contributed by atoms with Gasteiger partial charge < -0.3 is 19.8 Å². The highest BCUT2D eigenvalue weighted by atomic mass is 31.2. The first-order valence-electron chi connectivity index (χ1n) is 34.0. The van der Waals surface area contributed by atoms with Crippen molar-refractivity contribution in [3.63, 3.8) is 0 Å². The van der Waals surface area contributed by atoms with Gasteiger partial charge in [-0.2, -0.15) is 0 Å². The first kappa shape index (κ1) is 76.5. The van der Waals surface area contributed by atoms with Crippen molar-refractivity contribution < 1.29 is 32.9 Å². The van der Waals surface area contributed by atoms with Crippen LogP contribution >= 0.6 is 7.82 Å². The van der Waals surface area contributed by atoms with Crippen LogP contribution in [0.25, 0.3) is 0 Å². The number of aliphatic hydroxyl groups excluding tert-OH is 1. The summed E-state index contributed by atoms with van der Waals surface area (Å²) in [6.45, 7) is 4.83. The SMILES string of the molecule is CCCCCCC/C=C\C/C=C\CCCCCCCCCCCCCCCCCCCCCC(=O)NC(COP(=O)(O)OCC[N+](C)(C)C)C(O)/C=C/CC/C=C/CCCCCCCCCCCCCCCCCCCCC. The lowest BCUT2D eigenvalue weighted by atomic mass is 10.0. The second kappa shape index (κ2) is 60.1. The number of allylic oxidation sites excluding steroid dienone is 7. The van der Waals surface area contributed by atoms with Crippen molar-refractivity contribution in [1.82, 2.24) is 5.32 Å². The summed E-state index contributed by atoms with van der Waals surface area (Å²) in [5.41, 5.74) is 0. The van der Waals surface area contributed by atoms with Crippen LogP contribution in [0.3, 0.4) is 0 Å². The quantitative estimate of drug-likeness (QED) is 0.0243. The van der Waals surface area contributed by atoms with Crippen molar-refractivity contribution in [3.05, 3.63) is 48.6 Å².